The summed E-state index contributed by atoms with van der Waals surface area (Å²) >= 11 is 0. The summed E-state index contributed by atoms with van der Waals surface area (Å²) in [6.07, 6.45) is 3.59. The summed E-state index contributed by atoms with van der Waals surface area (Å²) in [5, 5.41) is 3.38. The number of nitrogens with zero attached hydrogens (tertiary/aromatic N) is 1. The zero-order chi connectivity index (χ0) is 15.1. The Bertz CT molecular complexity index is 570. The quantitative estimate of drug-likeness (QED) is 0.849. The van der Waals surface area contributed by atoms with Crippen LogP contribution in [0.5, 0.6) is 11.5 Å². The van der Waals surface area contributed by atoms with E-state index in [1.807, 2.05) is 36.5 Å². The van der Waals surface area contributed by atoms with Gasteiger partial charge in [0, 0.05) is 30.5 Å². The van der Waals surface area contributed by atoms with Crippen molar-refractivity contribution in [3.05, 3.63) is 53.9 Å². The molecule has 1 N–H and O–H groups in total. The maximum Gasteiger partial charge on any atom is 0.127 e. The lowest BCUT2D eigenvalue weighted by atomic mass is 10.2. The highest BCUT2D eigenvalue weighted by atomic mass is 16.5. The van der Waals surface area contributed by atoms with Crippen LogP contribution in [-0.4, -0.2) is 18.1 Å². The zero-order valence-electron chi connectivity index (χ0n) is 12.8. The van der Waals surface area contributed by atoms with Gasteiger partial charge < -0.3 is 14.8 Å². The Kier molecular flexibility index (Phi) is 5.58. The van der Waals surface area contributed by atoms with Crippen LogP contribution in [0.15, 0.2) is 42.7 Å². The molecule has 21 heavy (non-hydrogen) atoms. The van der Waals surface area contributed by atoms with Crippen molar-refractivity contribution in [2.24, 2.45) is 0 Å². The van der Waals surface area contributed by atoms with Crippen LogP contribution in [0.2, 0.25) is 0 Å². The Morgan fingerprint density at radius 2 is 2.10 bits per heavy atom. The second-order valence-electron chi connectivity index (χ2n) is 5.16. The molecule has 0 saturated carbocycles. The molecular formula is C17H22N2O2. The summed E-state index contributed by atoms with van der Waals surface area (Å²) < 4.78 is 11.1. The normalized spacial score (nSPS) is 10.7. The van der Waals surface area contributed by atoms with Crippen molar-refractivity contribution in [1.29, 1.82) is 0 Å². The van der Waals surface area contributed by atoms with Gasteiger partial charge in [-0.15, -0.1) is 0 Å². The molecule has 112 valence electrons. The van der Waals surface area contributed by atoms with Gasteiger partial charge >= 0.3 is 0 Å². The minimum Gasteiger partial charge on any atom is -0.497 e. The lowest BCUT2D eigenvalue weighted by molar-refractivity contribution is 0.300. The zero-order valence-corrected chi connectivity index (χ0v) is 12.8. The predicted molar refractivity (Wildman–Crippen MR) is 83.5 cm³/mol. The molecule has 0 fully saturated rings. The fourth-order valence-electron chi connectivity index (χ4n) is 1.93. The van der Waals surface area contributed by atoms with Crippen molar-refractivity contribution in [3.63, 3.8) is 0 Å². The molecule has 2 aromatic rings. The molecule has 0 aliphatic heterocycles. The molecule has 0 aliphatic rings. The number of methoxy groups -OCH3 is 1. The van der Waals surface area contributed by atoms with Gasteiger partial charge in [-0.2, -0.15) is 0 Å². The fraction of sp³-hybridized carbons (Fsp3) is 0.353. The van der Waals surface area contributed by atoms with Crippen LogP contribution in [0.25, 0.3) is 0 Å². The fourth-order valence-corrected chi connectivity index (χ4v) is 1.93. The Morgan fingerprint density at radius 3 is 2.86 bits per heavy atom. The summed E-state index contributed by atoms with van der Waals surface area (Å²) in [6.45, 7) is 5.50. The van der Waals surface area contributed by atoms with E-state index in [1.54, 1.807) is 13.3 Å². The number of pyridine rings is 1. The number of hydrogen-bond donors (Lipinski definition) is 1. The topological polar surface area (TPSA) is 43.4 Å². The van der Waals surface area contributed by atoms with Crippen LogP contribution in [0.3, 0.4) is 0 Å². The standard InChI is InChI=1S/C17H22N2O2/c1-13(2)19-11-15-10-18-8-7-17(15)21-12-14-5-4-6-16(9-14)20-3/h4-10,13,19H,11-12H2,1-3H3. The summed E-state index contributed by atoms with van der Waals surface area (Å²) in [6, 6.07) is 10.2. The van der Waals surface area contributed by atoms with Crippen LogP contribution in [0.4, 0.5) is 0 Å². The van der Waals surface area contributed by atoms with E-state index in [0.717, 1.165) is 29.2 Å². The van der Waals surface area contributed by atoms with E-state index in [0.29, 0.717) is 12.6 Å². The minimum absolute atomic E-state index is 0.427. The van der Waals surface area contributed by atoms with Gasteiger partial charge in [-0.25, -0.2) is 0 Å². The molecule has 2 rings (SSSR count). The van der Waals surface area contributed by atoms with Gasteiger partial charge in [0.15, 0.2) is 0 Å². The lowest BCUT2D eigenvalue weighted by Crippen LogP contribution is -2.22. The second kappa shape index (κ2) is 7.64. The third kappa shape index (κ3) is 4.76. The van der Waals surface area contributed by atoms with Crippen molar-refractivity contribution < 1.29 is 9.47 Å². The molecule has 0 radical (unpaired) electrons. The van der Waals surface area contributed by atoms with Crippen molar-refractivity contribution in [3.8, 4) is 11.5 Å². The van der Waals surface area contributed by atoms with Gasteiger partial charge in [0.2, 0.25) is 0 Å². The molecule has 1 aromatic heterocycles. The van der Waals surface area contributed by atoms with E-state index in [9.17, 15) is 0 Å². The van der Waals surface area contributed by atoms with Crippen LogP contribution >= 0.6 is 0 Å². The van der Waals surface area contributed by atoms with E-state index in [4.69, 9.17) is 9.47 Å². The largest absolute Gasteiger partial charge is 0.497 e. The number of ether oxygens (including phenoxy) is 2. The molecule has 0 aliphatic carbocycles. The first kappa shape index (κ1) is 15.3. The molecule has 1 heterocycles. The molecule has 1 aromatic carbocycles. The molecule has 0 saturated heterocycles. The highest BCUT2D eigenvalue weighted by Crippen LogP contribution is 2.19. The maximum atomic E-state index is 5.92. The Labute approximate surface area is 126 Å². The second-order valence-corrected chi connectivity index (χ2v) is 5.16. The Hall–Kier alpha value is -2.07. The number of aromatic nitrogens is 1. The van der Waals surface area contributed by atoms with Gasteiger partial charge in [0.1, 0.15) is 18.1 Å². The summed E-state index contributed by atoms with van der Waals surface area (Å²) in [5.41, 5.74) is 2.14. The number of nitrogens with one attached hydrogen (secondary N) is 1. The first-order valence-electron chi connectivity index (χ1n) is 7.11. The Balaban J connectivity index is 2.02. The van der Waals surface area contributed by atoms with Crippen LogP contribution in [0.1, 0.15) is 25.0 Å². The van der Waals surface area contributed by atoms with Crippen molar-refractivity contribution in [1.82, 2.24) is 10.3 Å². The van der Waals surface area contributed by atoms with E-state index in [-0.39, 0.29) is 0 Å². The molecule has 0 amide bonds. The maximum absolute atomic E-state index is 5.92. The smallest absolute Gasteiger partial charge is 0.127 e. The number of benzene rings is 1. The minimum atomic E-state index is 0.427. The molecule has 4 nitrogen and oxygen atoms in total. The molecule has 0 unspecified atom stereocenters. The first-order chi connectivity index (χ1) is 10.2. The highest BCUT2D eigenvalue weighted by Gasteiger charge is 2.05. The molecular weight excluding hydrogens is 264 g/mol. The van der Waals surface area contributed by atoms with Gasteiger partial charge in [-0.1, -0.05) is 26.0 Å². The van der Waals surface area contributed by atoms with Gasteiger partial charge in [-0.05, 0) is 23.8 Å². The SMILES string of the molecule is COc1cccc(COc2ccncc2CNC(C)C)c1. The molecule has 4 heteroatoms. The van der Waals surface area contributed by atoms with E-state index < -0.39 is 0 Å². The molecule has 0 bridgehead atoms. The van der Waals surface area contributed by atoms with Gasteiger partial charge in [-0.3, -0.25) is 4.98 Å². The van der Waals surface area contributed by atoms with Crippen molar-refractivity contribution in [2.75, 3.05) is 7.11 Å². The van der Waals surface area contributed by atoms with Crippen LogP contribution < -0.4 is 14.8 Å². The third-order valence-corrected chi connectivity index (χ3v) is 3.09. The van der Waals surface area contributed by atoms with E-state index in [1.165, 1.54) is 0 Å². The Morgan fingerprint density at radius 1 is 1.24 bits per heavy atom. The molecule has 0 spiro atoms. The first-order valence-corrected chi connectivity index (χ1v) is 7.11. The van der Waals surface area contributed by atoms with E-state index >= 15 is 0 Å². The monoisotopic (exact) mass is 286 g/mol. The number of hydrogen-bond acceptors (Lipinski definition) is 4. The van der Waals surface area contributed by atoms with E-state index in [2.05, 4.69) is 24.1 Å². The summed E-state index contributed by atoms with van der Waals surface area (Å²) in [7, 11) is 1.67. The average Bonchev–Trinajstić information content (AvgIpc) is 2.52. The van der Waals surface area contributed by atoms with Crippen LogP contribution in [-0.2, 0) is 13.2 Å². The van der Waals surface area contributed by atoms with Crippen LogP contribution in [0, 0.1) is 0 Å². The van der Waals surface area contributed by atoms with Crippen molar-refractivity contribution >= 4 is 0 Å². The van der Waals surface area contributed by atoms with Gasteiger partial charge in [0.05, 0.1) is 7.11 Å². The molecule has 0 atom stereocenters. The lowest BCUT2D eigenvalue weighted by Gasteiger charge is -2.13. The van der Waals surface area contributed by atoms with Gasteiger partial charge in [0.25, 0.3) is 0 Å². The predicted octanol–water partition coefficient (Wildman–Crippen LogP) is 3.17. The average molecular weight is 286 g/mol. The third-order valence-electron chi connectivity index (χ3n) is 3.09. The summed E-state index contributed by atoms with van der Waals surface area (Å²) in [4.78, 5) is 4.17. The summed E-state index contributed by atoms with van der Waals surface area (Å²) in [5.74, 6) is 1.70. The van der Waals surface area contributed by atoms with Crippen molar-refractivity contribution in [2.45, 2.75) is 33.0 Å². The number of rotatable bonds is 7. The highest BCUT2D eigenvalue weighted by molar-refractivity contribution is 5.32.